The summed E-state index contributed by atoms with van der Waals surface area (Å²) in [5.74, 6) is -0.161. The highest BCUT2D eigenvalue weighted by molar-refractivity contribution is 5.91. The van der Waals surface area contributed by atoms with Crippen molar-refractivity contribution in [1.29, 1.82) is 0 Å². The lowest BCUT2D eigenvalue weighted by atomic mass is 10.3. The van der Waals surface area contributed by atoms with Gasteiger partial charge in [-0.25, -0.2) is 9.37 Å². The molecule has 0 fully saturated rings. The number of rotatable bonds is 3. The molecule has 0 aliphatic carbocycles. The number of amides is 1. The molecular weight excluding hydrogens is 259 g/mol. The molecule has 2 rings (SSSR count). The third-order valence-corrected chi connectivity index (χ3v) is 2.47. The van der Waals surface area contributed by atoms with Gasteiger partial charge in [0.1, 0.15) is 5.82 Å². The van der Waals surface area contributed by atoms with Gasteiger partial charge in [-0.1, -0.05) is 0 Å². The predicted molar refractivity (Wildman–Crippen MR) is 70.2 cm³/mol. The normalized spacial score (nSPS) is 10.2. The van der Waals surface area contributed by atoms with Gasteiger partial charge in [-0.15, -0.1) is 12.4 Å². The first-order valence-corrected chi connectivity index (χ1v) is 5.23. The predicted octanol–water partition coefficient (Wildman–Crippen LogP) is 1.42. The van der Waals surface area contributed by atoms with Crippen LogP contribution in [0.1, 0.15) is 6.42 Å². The number of benzene rings is 1. The molecule has 2 aromatic rings. The van der Waals surface area contributed by atoms with Crippen molar-refractivity contribution in [1.82, 2.24) is 9.55 Å². The Morgan fingerprint density at radius 3 is 2.94 bits per heavy atom. The molecule has 1 aromatic carbocycles. The van der Waals surface area contributed by atoms with Crippen LogP contribution in [0.4, 0.5) is 10.3 Å². The van der Waals surface area contributed by atoms with Crippen LogP contribution < -0.4 is 11.1 Å². The molecule has 5 nitrogen and oxygen atoms in total. The lowest BCUT2D eigenvalue weighted by molar-refractivity contribution is -0.116. The molecule has 0 saturated carbocycles. The maximum absolute atomic E-state index is 13.0. The fraction of sp³-hybridized carbons (Fsp3) is 0.273. The fourth-order valence-corrected chi connectivity index (χ4v) is 1.60. The summed E-state index contributed by atoms with van der Waals surface area (Å²) in [5, 5.41) is 2.63. The van der Waals surface area contributed by atoms with E-state index in [1.54, 1.807) is 17.7 Å². The zero-order chi connectivity index (χ0) is 12.4. The van der Waals surface area contributed by atoms with E-state index < -0.39 is 0 Å². The summed E-state index contributed by atoms with van der Waals surface area (Å²) in [4.78, 5) is 15.5. The molecule has 0 bridgehead atoms. The van der Waals surface area contributed by atoms with Crippen LogP contribution in [0.15, 0.2) is 18.2 Å². The SMILES string of the molecule is Cl.Cn1c(NC(=O)CCN)nc2cc(F)ccc21. The van der Waals surface area contributed by atoms with Crippen molar-refractivity contribution in [2.45, 2.75) is 6.42 Å². The fourth-order valence-electron chi connectivity index (χ4n) is 1.60. The molecular formula is C11H14ClFN4O. The first kappa shape index (κ1) is 14.4. The smallest absolute Gasteiger partial charge is 0.227 e. The van der Waals surface area contributed by atoms with Crippen LogP contribution in [0.25, 0.3) is 11.0 Å². The van der Waals surface area contributed by atoms with Crippen molar-refractivity contribution in [2.75, 3.05) is 11.9 Å². The second kappa shape index (κ2) is 5.79. The van der Waals surface area contributed by atoms with Gasteiger partial charge in [-0.2, -0.15) is 0 Å². The second-order valence-corrected chi connectivity index (χ2v) is 3.71. The highest BCUT2D eigenvalue weighted by Gasteiger charge is 2.10. The average molecular weight is 273 g/mol. The lowest BCUT2D eigenvalue weighted by Crippen LogP contribution is -2.18. The Hall–Kier alpha value is -1.66. The molecule has 0 radical (unpaired) electrons. The number of hydrogen-bond acceptors (Lipinski definition) is 3. The molecule has 1 amide bonds. The summed E-state index contributed by atoms with van der Waals surface area (Å²) >= 11 is 0. The zero-order valence-corrected chi connectivity index (χ0v) is 10.6. The topological polar surface area (TPSA) is 72.9 Å². The van der Waals surface area contributed by atoms with Crippen molar-refractivity contribution in [2.24, 2.45) is 12.8 Å². The standard InChI is InChI=1S/C11H13FN4O.ClH/c1-16-9-3-2-7(12)6-8(9)14-11(16)15-10(17)4-5-13;/h2-3,6H,4-5,13H2,1H3,(H,14,15,17);1H. The molecule has 0 aliphatic heterocycles. The molecule has 0 spiro atoms. The van der Waals surface area contributed by atoms with Gasteiger partial charge < -0.3 is 10.3 Å². The number of halogens is 2. The van der Waals surface area contributed by atoms with E-state index in [-0.39, 0.29) is 37.1 Å². The van der Waals surface area contributed by atoms with Crippen molar-refractivity contribution < 1.29 is 9.18 Å². The van der Waals surface area contributed by atoms with Gasteiger partial charge in [0.15, 0.2) is 0 Å². The van der Waals surface area contributed by atoms with Crippen LogP contribution in [0, 0.1) is 5.82 Å². The molecule has 7 heteroatoms. The highest BCUT2D eigenvalue weighted by Crippen LogP contribution is 2.19. The largest absolute Gasteiger partial charge is 0.330 e. The molecule has 0 saturated heterocycles. The number of fused-ring (bicyclic) bond motifs is 1. The van der Waals surface area contributed by atoms with E-state index in [4.69, 9.17) is 5.73 Å². The maximum Gasteiger partial charge on any atom is 0.227 e. The van der Waals surface area contributed by atoms with Gasteiger partial charge in [0.05, 0.1) is 11.0 Å². The van der Waals surface area contributed by atoms with Gasteiger partial charge in [-0.05, 0) is 12.1 Å². The Kier molecular flexibility index (Phi) is 4.63. The molecule has 0 atom stereocenters. The van der Waals surface area contributed by atoms with Gasteiger partial charge >= 0.3 is 0 Å². The van der Waals surface area contributed by atoms with Gasteiger partial charge in [0, 0.05) is 26.1 Å². The summed E-state index contributed by atoms with van der Waals surface area (Å²) in [6, 6.07) is 4.31. The molecule has 1 heterocycles. The molecule has 1 aromatic heterocycles. The van der Waals surface area contributed by atoms with E-state index in [0.29, 0.717) is 11.5 Å². The van der Waals surface area contributed by atoms with Crippen LogP contribution in [-0.4, -0.2) is 22.0 Å². The number of carbonyl (C=O) groups excluding carboxylic acids is 1. The highest BCUT2D eigenvalue weighted by atomic mass is 35.5. The monoisotopic (exact) mass is 272 g/mol. The molecule has 18 heavy (non-hydrogen) atoms. The summed E-state index contributed by atoms with van der Waals surface area (Å²) in [7, 11) is 1.76. The number of anilines is 1. The zero-order valence-electron chi connectivity index (χ0n) is 9.81. The Labute approximate surface area is 110 Å². The van der Waals surface area contributed by atoms with Gasteiger partial charge in [-0.3, -0.25) is 10.1 Å². The quantitative estimate of drug-likeness (QED) is 0.888. The summed E-state index contributed by atoms with van der Waals surface area (Å²) in [5.41, 5.74) is 6.55. The minimum absolute atomic E-state index is 0. The number of hydrogen-bond donors (Lipinski definition) is 2. The maximum atomic E-state index is 13.0. The number of aryl methyl sites for hydroxylation is 1. The molecule has 3 N–H and O–H groups in total. The van der Waals surface area contributed by atoms with Crippen LogP contribution in [0.5, 0.6) is 0 Å². The van der Waals surface area contributed by atoms with E-state index in [1.165, 1.54) is 12.1 Å². The van der Waals surface area contributed by atoms with Gasteiger partial charge in [0.25, 0.3) is 0 Å². The average Bonchev–Trinajstić information content (AvgIpc) is 2.55. The second-order valence-electron chi connectivity index (χ2n) is 3.71. The Bertz CT molecular complexity index is 569. The number of nitrogens with one attached hydrogen (secondary N) is 1. The van der Waals surface area contributed by atoms with Crippen LogP contribution in [0.2, 0.25) is 0 Å². The van der Waals surface area contributed by atoms with Crippen molar-refractivity contribution >= 4 is 35.3 Å². The van der Waals surface area contributed by atoms with E-state index >= 15 is 0 Å². The van der Waals surface area contributed by atoms with Gasteiger partial charge in [0.2, 0.25) is 11.9 Å². The summed E-state index contributed by atoms with van der Waals surface area (Å²) in [6.07, 6.45) is 0.234. The molecule has 98 valence electrons. The third-order valence-electron chi connectivity index (χ3n) is 2.47. The summed E-state index contributed by atoms with van der Waals surface area (Å²) in [6.45, 7) is 0.282. The van der Waals surface area contributed by atoms with E-state index in [0.717, 1.165) is 5.52 Å². The van der Waals surface area contributed by atoms with Crippen LogP contribution in [0.3, 0.4) is 0 Å². The van der Waals surface area contributed by atoms with Crippen LogP contribution >= 0.6 is 12.4 Å². The Morgan fingerprint density at radius 1 is 1.56 bits per heavy atom. The molecule has 0 unspecified atom stereocenters. The lowest BCUT2D eigenvalue weighted by Gasteiger charge is -2.03. The minimum atomic E-state index is -0.351. The Morgan fingerprint density at radius 2 is 2.28 bits per heavy atom. The summed E-state index contributed by atoms with van der Waals surface area (Å²) < 4.78 is 14.7. The van der Waals surface area contributed by atoms with E-state index in [2.05, 4.69) is 10.3 Å². The number of carbonyl (C=O) groups is 1. The first-order valence-electron chi connectivity index (χ1n) is 5.23. The first-order chi connectivity index (χ1) is 8.11. The van der Waals surface area contributed by atoms with Crippen molar-refractivity contribution in [3.63, 3.8) is 0 Å². The number of aromatic nitrogens is 2. The van der Waals surface area contributed by atoms with Crippen molar-refractivity contribution in [3.8, 4) is 0 Å². The number of imidazole rings is 1. The Balaban J connectivity index is 0.00000162. The van der Waals surface area contributed by atoms with Crippen molar-refractivity contribution in [3.05, 3.63) is 24.0 Å². The molecule has 0 aliphatic rings. The number of nitrogens with zero attached hydrogens (tertiary/aromatic N) is 2. The third kappa shape index (κ3) is 2.77. The minimum Gasteiger partial charge on any atom is -0.330 e. The van der Waals surface area contributed by atoms with Crippen LogP contribution in [-0.2, 0) is 11.8 Å². The number of nitrogens with two attached hydrogens (primary N) is 1. The van der Waals surface area contributed by atoms with E-state index in [9.17, 15) is 9.18 Å². The van der Waals surface area contributed by atoms with E-state index in [1.807, 2.05) is 0 Å².